The predicted molar refractivity (Wildman–Crippen MR) is 100 cm³/mol. The molecule has 1 aromatic heterocycles. The van der Waals surface area contributed by atoms with Gasteiger partial charge >= 0.3 is 5.97 Å². The largest absolute Gasteiger partial charge is 0.462 e. The molecule has 0 saturated heterocycles. The van der Waals surface area contributed by atoms with E-state index in [1.807, 2.05) is 31.2 Å². The first kappa shape index (κ1) is 17.2. The second-order valence-electron chi connectivity index (χ2n) is 5.63. The molecule has 0 amide bonds. The first-order valence-corrected chi connectivity index (χ1v) is 8.30. The number of ether oxygens (including phenoxy) is 1. The van der Waals surface area contributed by atoms with Crippen LogP contribution in [0.5, 0.6) is 0 Å². The molecular formula is C20H18N4O2. The third kappa shape index (κ3) is 3.90. The molecule has 0 aliphatic rings. The number of fused-ring (bicyclic) bond motifs is 1. The van der Waals surface area contributed by atoms with Crippen LogP contribution in [0.15, 0.2) is 54.7 Å². The lowest BCUT2D eigenvalue weighted by Gasteiger charge is -2.06. The van der Waals surface area contributed by atoms with E-state index in [4.69, 9.17) is 4.74 Å². The number of carbonyl (C=O) groups excluding carboxylic acids is 1. The highest BCUT2D eigenvalue weighted by atomic mass is 16.5. The Morgan fingerprint density at radius 3 is 2.92 bits per heavy atom. The van der Waals surface area contributed by atoms with Gasteiger partial charge in [0.1, 0.15) is 11.6 Å². The van der Waals surface area contributed by atoms with Gasteiger partial charge in [0.15, 0.2) is 5.82 Å². The number of para-hydroxylation sites is 2. The monoisotopic (exact) mass is 346 g/mol. The number of hydrogen-bond acceptors (Lipinski definition) is 5. The van der Waals surface area contributed by atoms with Gasteiger partial charge in [-0.2, -0.15) is 5.26 Å². The Balaban J connectivity index is 1.79. The smallest absolute Gasteiger partial charge is 0.338 e. The number of nitrogens with one attached hydrogen (secondary N) is 2. The van der Waals surface area contributed by atoms with Crippen molar-refractivity contribution in [2.45, 2.75) is 13.3 Å². The fourth-order valence-electron chi connectivity index (χ4n) is 2.40. The molecule has 0 radical (unpaired) electrons. The number of benzene rings is 2. The summed E-state index contributed by atoms with van der Waals surface area (Å²) in [6.07, 6.45) is 2.34. The van der Waals surface area contributed by atoms with Gasteiger partial charge in [-0.25, -0.2) is 9.78 Å². The Bertz CT molecular complexity index is 965. The maximum Gasteiger partial charge on any atom is 0.338 e. The molecule has 2 N–H and O–H groups in total. The Kier molecular flexibility index (Phi) is 5.30. The van der Waals surface area contributed by atoms with E-state index >= 15 is 0 Å². The number of esters is 1. The molecule has 6 nitrogen and oxygen atoms in total. The van der Waals surface area contributed by atoms with Crippen molar-refractivity contribution < 1.29 is 9.53 Å². The van der Waals surface area contributed by atoms with Crippen LogP contribution in [0, 0.1) is 11.3 Å². The number of anilines is 1. The lowest BCUT2D eigenvalue weighted by molar-refractivity contribution is 0.0505. The predicted octanol–water partition coefficient (Wildman–Crippen LogP) is 4.11. The summed E-state index contributed by atoms with van der Waals surface area (Å²) in [5.41, 5.74) is 3.16. The SMILES string of the molecule is CCCOC(=O)c1cccc(NC=C(C#N)c2nc3ccccc3[nH]2)c1. The zero-order chi connectivity index (χ0) is 18.4. The van der Waals surface area contributed by atoms with Crippen LogP contribution >= 0.6 is 0 Å². The molecule has 1 heterocycles. The fourth-order valence-corrected chi connectivity index (χ4v) is 2.40. The van der Waals surface area contributed by atoms with Gasteiger partial charge in [0, 0.05) is 11.9 Å². The second kappa shape index (κ2) is 7.99. The van der Waals surface area contributed by atoms with Crippen molar-refractivity contribution in [3.8, 4) is 6.07 Å². The van der Waals surface area contributed by atoms with Gasteiger partial charge in [-0.15, -0.1) is 0 Å². The Morgan fingerprint density at radius 1 is 1.31 bits per heavy atom. The number of carbonyl (C=O) groups is 1. The van der Waals surface area contributed by atoms with E-state index in [0.29, 0.717) is 29.3 Å². The molecule has 6 heteroatoms. The van der Waals surface area contributed by atoms with Crippen molar-refractivity contribution in [2.75, 3.05) is 11.9 Å². The van der Waals surface area contributed by atoms with Crippen LogP contribution in [0.4, 0.5) is 5.69 Å². The lowest BCUT2D eigenvalue weighted by atomic mass is 10.2. The average Bonchev–Trinajstić information content (AvgIpc) is 3.10. The van der Waals surface area contributed by atoms with Gasteiger partial charge in [0.2, 0.25) is 0 Å². The molecule has 130 valence electrons. The maximum atomic E-state index is 11.9. The van der Waals surface area contributed by atoms with Crippen molar-refractivity contribution in [1.29, 1.82) is 5.26 Å². The Hall–Kier alpha value is -3.59. The van der Waals surface area contributed by atoms with Gasteiger partial charge in [0.05, 0.1) is 23.2 Å². The topological polar surface area (TPSA) is 90.8 Å². The van der Waals surface area contributed by atoms with E-state index in [1.54, 1.807) is 30.5 Å². The third-order valence-electron chi connectivity index (χ3n) is 3.68. The van der Waals surface area contributed by atoms with E-state index in [2.05, 4.69) is 21.4 Å². The summed E-state index contributed by atoms with van der Waals surface area (Å²) in [5.74, 6) is 0.122. The number of allylic oxidation sites excluding steroid dienone is 1. The van der Waals surface area contributed by atoms with Gasteiger partial charge < -0.3 is 15.0 Å². The quantitative estimate of drug-likeness (QED) is 0.518. The minimum absolute atomic E-state index is 0.361. The van der Waals surface area contributed by atoms with Gasteiger partial charge in [-0.3, -0.25) is 0 Å². The molecular weight excluding hydrogens is 328 g/mol. The first-order valence-electron chi connectivity index (χ1n) is 8.30. The van der Waals surface area contributed by atoms with Gasteiger partial charge in [-0.1, -0.05) is 25.1 Å². The number of imidazole rings is 1. The number of rotatable bonds is 6. The molecule has 26 heavy (non-hydrogen) atoms. The van der Waals surface area contributed by atoms with E-state index in [1.165, 1.54) is 0 Å². The summed E-state index contributed by atoms with van der Waals surface area (Å²) in [6, 6.07) is 16.6. The van der Waals surface area contributed by atoms with E-state index in [9.17, 15) is 10.1 Å². The van der Waals surface area contributed by atoms with Crippen molar-refractivity contribution >= 4 is 28.3 Å². The van der Waals surface area contributed by atoms with Gasteiger partial charge in [0.25, 0.3) is 0 Å². The van der Waals surface area contributed by atoms with E-state index in [0.717, 1.165) is 17.5 Å². The van der Waals surface area contributed by atoms with Crippen molar-refractivity contribution in [3.63, 3.8) is 0 Å². The molecule has 0 bridgehead atoms. The summed E-state index contributed by atoms with van der Waals surface area (Å²) in [7, 11) is 0. The van der Waals surface area contributed by atoms with Crippen LogP contribution in [-0.2, 0) is 4.74 Å². The first-order chi connectivity index (χ1) is 12.7. The van der Waals surface area contributed by atoms with Crippen molar-refractivity contribution in [1.82, 2.24) is 9.97 Å². The fraction of sp³-hybridized carbons (Fsp3) is 0.150. The zero-order valence-electron chi connectivity index (χ0n) is 14.3. The van der Waals surface area contributed by atoms with E-state index in [-0.39, 0.29) is 5.97 Å². The standard InChI is InChI=1S/C20H18N4O2/c1-2-10-26-20(25)14-6-5-7-16(11-14)22-13-15(12-21)19-23-17-8-3-4-9-18(17)24-19/h3-9,11,13,22H,2,10H2,1H3,(H,23,24). The summed E-state index contributed by atoms with van der Waals surface area (Å²) >= 11 is 0. The molecule has 0 atom stereocenters. The van der Waals surface area contributed by atoms with Crippen molar-refractivity contribution in [2.24, 2.45) is 0 Å². The summed E-state index contributed by atoms with van der Waals surface area (Å²) in [5, 5.41) is 12.5. The van der Waals surface area contributed by atoms with E-state index < -0.39 is 0 Å². The molecule has 0 spiro atoms. The van der Waals surface area contributed by atoms with Crippen LogP contribution in [0.2, 0.25) is 0 Å². The molecule has 2 aromatic carbocycles. The molecule has 0 aliphatic heterocycles. The maximum absolute atomic E-state index is 11.9. The number of H-pyrrole nitrogens is 1. The number of nitriles is 1. The molecule has 0 fully saturated rings. The molecule has 0 saturated carbocycles. The summed E-state index contributed by atoms with van der Waals surface area (Å²) in [6.45, 7) is 2.33. The van der Waals surface area contributed by atoms with Crippen LogP contribution in [0.1, 0.15) is 29.5 Å². The highest BCUT2D eigenvalue weighted by Crippen LogP contribution is 2.18. The number of aromatic nitrogens is 2. The second-order valence-corrected chi connectivity index (χ2v) is 5.63. The molecule has 3 aromatic rings. The normalized spacial score (nSPS) is 11.2. The zero-order valence-corrected chi connectivity index (χ0v) is 14.3. The highest BCUT2D eigenvalue weighted by molar-refractivity contribution is 5.90. The number of hydrogen-bond donors (Lipinski definition) is 2. The number of nitrogens with zero attached hydrogens (tertiary/aromatic N) is 2. The molecule has 0 unspecified atom stereocenters. The lowest BCUT2D eigenvalue weighted by Crippen LogP contribution is -2.06. The number of aromatic amines is 1. The highest BCUT2D eigenvalue weighted by Gasteiger charge is 2.09. The Labute approximate surface area is 151 Å². The molecule has 3 rings (SSSR count). The summed E-state index contributed by atoms with van der Waals surface area (Å²) in [4.78, 5) is 19.5. The molecule has 0 aliphatic carbocycles. The van der Waals surface area contributed by atoms with Crippen LogP contribution in [0.3, 0.4) is 0 Å². The average molecular weight is 346 g/mol. The van der Waals surface area contributed by atoms with Crippen LogP contribution in [0.25, 0.3) is 16.6 Å². The minimum Gasteiger partial charge on any atom is -0.462 e. The van der Waals surface area contributed by atoms with Crippen molar-refractivity contribution in [3.05, 3.63) is 66.1 Å². The van der Waals surface area contributed by atoms with Gasteiger partial charge in [-0.05, 0) is 36.8 Å². The van der Waals surface area contributed by atoms with Crippen LogP contribution < -0.4 is 5.32 Å². The van der Waals surface area contributed by atoms with Crippen LogP contribution in [-0.4, -0.2) is 22.5 Å². The Morgan fingerprint density at radius 2 is 2.15 bits per heavy atom. The third-order valence-corrected chi connectivity index (χ3v) is 3.68. The summed E-state index contributed by atoms with van der Waals surface area (Å²) < 4.78 is 5.13. The minimum atomic E-state index is -0.364.